The van der Waals surface area contributed by atoms with Crippen LogP contribution in [0.25, 0.3) is 6.08 Å². The molecular weight excluding hydrogens is 777 g/mol. The molecule has 0 radical (unpaired) electrons. The van der Waals surface area contributed by atoms with Crippen LogP contribution in [0.4, 0.5) is 5.69 Å². The average molecular weight is 837 g/mol. The number of esters is 1. The molecule has 4 bridgehead atoms. The average Bonchev–Trinajstić information content (AvgIpc) is 3.29. The summed E-state index contributed by atoms with van der Waals surface area (Å²) in [4.78, 5) is 35.1. The van der Waals surface area contributed by atoms with Crippen molar-refractivity contribution in [2.24, 2.45) is 22.7 Å². The van der Waals surface area contributed by atoms with Crippen molar-refractivity contribution in [2.45, 2.75) is 120 Å². The lowest BCUT2D eigenvalue weighted by molar-refractivity contribution is -0.196. The Kier molecular flexibility index (Phi) is 11.3. The van der Waals surface area contributed by atoms with Gasteiger partial charge in [-0.3, -0.25) is 9.79 Å². The zero-order chi connectivity index (χ0) is 42.8. The van der Waals surface area contributed by atoms with Gasteiger partial charge in [0, 0.05) is 52.6 Å². The van der Waals surface area contributed by atoms with Crippen molar-refractivity contribution in [3.8, 4) is 17.2 Å². The van der Waals surface area contributed by atoms with Crippen LogP contribution in [0.5, 0.6) is 17.2 Å². The first kappa shape index (κ1) is 42.5. The number of carbonyl (C=O) groups is 2. The molecule has 7 aliphatic rings. The van der Waals surface area contributed by atoms with Gasteiger partial charge in [-0.2, -0.15) is 0 Å². The zero-order valence-electron chi connectivity index (χ0n) is 36.5. The minimum Gasteiger partial charge on any atom is -0.491 e. The van der Waals surface area contributed by atoms with Gasteiger partial charge >= 0.3 is 5.97 Å². The number of allylic oxidation sites excluding steroid dienone is 4. The lowest BCUT2D eigenvalue weighted by Crippen LogP contribution is -2.79. The number of benzene rings is 2. The molecule has 3 saturated carbocycles. The fraction of sp³-hybridized carbons (Fsp3) is 0.531. The number of thioether (sulfide) groups is 1. The van der Waals surface area contributed by atoms with E-state index in [9.17, 15) is 9.90 Å². The van der Waals surface area contributed by atoms with Crippen molar-refractivity contribution in [1.82, 2.24) is 5.32 Å². The number of aliphatic hydroxyl groups is 1. The first-order chi connectivity index (χ1) is 28.6. The molecule has 2 aromatic rings. The second-order valence-corrected chi connectivity index (χ2v) is 19.6. The standard InChI is InChI=1S/C49H60N2O8S/c1-28(2)13-12-20-47(8)21-19-32-40(57-47)31(17-16-29(3)4)42-37(41(32)56-26-24-50-23-25-52)39-38-43(60-35-15-11-10-14-34(35)51-39)33-27-36-46(6,7)59-48(44(33)53,49(36,38)58-42)22-18-30(5)45(54)55-9/h10-11,13-16,18-19,21,33,36,38,43,50,52H,12,17,20,22-27H2,1-9H3. The first-order valence-electron chi connectivity index (χ1n) is 21.5. The molecule has 320 valence electrons. The summed E-state index contributed by atoms with van der Waals surface area (Å²) >= 11 is 1.72. The lowest BCUT2D eigenvalue weighted by Gasteiger charge is -2.63. The highest BCUT2D eigenvalue weighted by Crippen LogP contribution is 2.73. The topological polar surface area (TPSA) is 125 Å². The molecule has 10 nitrogen and oxygen atoms in total. The second kappa shape index (κ2) is 15.9. The van der Waals surface area contributed by atoms with Crippen molar-refractivity contribution < 1.29 is 38.4 Å². The van der Waals surface area contributed by atoms with E-state index in [2.05, 4.69) is 84.2 Å². The maximum atomic E-state index is 15.6. The molecule has 2 aromatic carbocycles. The van der Waals surface area contributed by atoms with E-state index in [0.29, 0.717) is 55.4 Å². The summed E-state index contributed by atoms with van der Waals surface area (Å²) in [5.41, 5.74) is 2.93. The third-order valence-corrected chi connectivity index (χ3v) is 14.9. The maximum Gasteiger partial charge on any atom is 0.333 e. The molecule has 9 rings (SSSR count). The highest BCUT2D eigenvalue weighted by atomic mass is 32.2. The molecule has 7 atom stereocenters. The van der Waals surface area contributed by atoms with Crippen molar-refractivity contribution >= 4 is 41.0 Å². The molecule has 1 saturated heterocycles. The Bertz CT molecular complexity index is 2250. The van der Waals surface area contributed by atoms with E-state index >= 15 is 4.79 Å². The smallest absolute Gasteiger partial charge is 0.333 e. The predicted molar refractivity (Wildman–Crippen MR) is 236 cm³/mol. The van der Waals surface area contributed by atoms with Crippen LogP contribution in [0, 0.1) is 17.8 Å². The number of methoxy groups -OCH3 is 1. The van der Waals surface area contributed by atoms with Gasteiger partial charge in [-0.1, -0.05) is 41.5 Å². The summed E-state index contributed by atoms with van der Waals surface area (Å²) < 4.78 is 34.5. The van der Waals surface area contributed by atoms with Crippen LogP contribution in [0.3, 0.4) is 0 Å². The molecule has 4 aliphatic heterocycles. The number of fused-ring (bicyclic) bond motifs is 4. The number of hydrogen-bond donors (Lipinski definition) is 2. The summed E-state index contributed by atoms with van der Waals surface area (Å²) in [6, 6.07) is 8.19. The van der Waals surface area contributed by atoms with E-state index in [1.54, 1.807) is 24.8 Å². The molecule has 7 unspecified atom stereocenters. The van der Waals surface area contributed by atoms with Crippen molar-refractivity contribution in [3.05, 3.63) is 82.0 Å². The number of ether oxygens (including phenoxy) is 5. The van der Waals surface area contributed by atoms with Crippen LogP contribution < -0.4 is 19.5 Å². The Morgan fingerprint density at radius 2 is 1.80 bits per heavy atom. The maximum absolute atomic E-state index is 15.6. The van der Waals surface area contributed by atoms with Crippen LogP contribution in [0.15, 0.2) is 75.2 Å². The van der Waals surface area contributed by atoms with E-state index < -0.39 is 28.4 Å². The molecule has 0 amide bonds. The van der Waals surface area contributed by atoms with Gasteiger partial charge in [-0.25, -0.2) is 4.79 Å². The molecule has 4 fully saturated rings. The zero-order valence-corrected chi connectivity index (χ0v) is 37.3. The minimum absolute atomic E-state index is 0.00967. The first-order valence-corrected chi connectivity index (χ1v) is 22.3. The lowest BCUT2D eigenvalue weighted by atomic mass is 9.46. The molecule has 4 heterocycles. The highest BCUT2D eigenvalue weighted by Gasteiger charge is 2.85. The van der Waals surface area contributed by atoms with E-state index in [1.807, 2.05) is 18.2 Å². The third-order valence-electron chi connectivity index (χ3n) is 13.4. The summed E-state index contributed by atoms with van der Waals surface area (Å²) in [7, 11) is 1.37. The number of nitrogens with zero attached hydrogens (tertiary/aromatic N) is 1. The number of aliphatic hydroxyl groups excluding tert-OH is 1. The Morgan fingerprint density at radius 1 is 1.03 bits per heavy atom. The molecule has 2 N–H and O–H groups in total. The van der Waals surface area contributed by atoms with E-state index in [0.717, 1.165) is 51.4 Å². The normalized spacial score (nSPS) is 29.7. The van der Waals surface area contributed by atoms with Crippen molar-refractivity contribution in [2.75, 3.05) is 33.4 Å². The summed E-state index contributed by atoms with van der Waals surface area (Å²) in [6.07, 6.45) is 13.4. The summed E-state index contributed by atoms with van der Waals surface area (Å²) in [6.45, 7) is 17.7. The molecule has 3 aliphatic carbocycles. The third kappa shape index (κ3) is 6.79. The SMILES string of the molecule is COC(=O)C(C)=CCC12OC(C)(C)C3CC(C1=O)C1Sc4ccccc4N=C4c5c(OCCNCCO)c6c(c(CC=C(C)C)c5OC32C41)OC(C)(CCC=C(C)C)C=C6. The Morgan fingerprint density at radius 3 is 2.53 bits per heavy atom. The minimum atomic E-state index is -1.44. The van der Waals surface area contributed by atoms with Crippen LogP contribution >= 0.6 is 11.8 Å². The predicted octanol–water partition coefficient (Wildman–Crippen LogP) is 8.69. The fourth-order valence-corrected chi connectivity index (χ4v) is 12.2. The summed E-state index contributed by atoms with van der Waals surface area (Å²) in [5.74, 6) is 0.535. The highest BCUT2D eigenvalue weighted by molar-refractivity contribution is 8.00. The van der Waals surface area contributed by atoms with Gasteiger partial charge in [0.05, 0.1) is 47.8 Å². The number of nitrogens with one attached hydrogen (secondary N) is 1. The van der Waals surface area contributed by atoms with E-state index in [-0.39, 0.29) is 41.8 Å². The second-order valence-electron chi connectivity index (χ2n) is 18.4. The van der Waals surface area contributed by atoms with E-state index in [1.165, 1.54) is 12.7 Å². The molecule has 11 heteroatoms. The largest absolute Gasteiger partial charge is 0.491 e. The Hall–Kier alpha value is -4.16. The van der Waals surface area contributed by atoms with Gasteiger partial charge in [0.2, 0.25) is 0 Å². The van der Waals surface area contributed by atoms with Crippen LogP contribution in [-0.2, 0) is 25.5 Å². The number of para-hydroxylation sites is 1. The number of aliphatic imine (C=N–C) groups is 1. The van der Waals surface area contributed by atoms with Crippen LogP contribution in [0.1, 0.15) is 97.8 Å². The number of carbonyl (C=O) groups excluding carboxylic acids is 2. The van der Waals surface area contributed by atoms with Crippen molar-refractivity contribution in [3.63, 3.8) is 0 Å². The number of ketones is 1. The number of hydrogen-bond acceptors (Lipinski definition) is 11. The van der Waals surface area contributed by atoms with Crippen LogP contribution in [-0.4, -0.2) is 83.6 Å². The molecule has 60 heavy (non-hydrogen) atoms. The quantitative estimate of drug-likeness (QED) is 0.0827. The Labute approximate surface area is 358 Å². The van der Waals surface area contributed by atoms with Gasteiger partial charge in [0.1, 0.15) is 29.5 Å². The fourth-order valence-electron chi connectivity index (χ4n) is 10.7. The van der Waals surface area contributed by atoms with Gasteiger partial charge in [0.15, 0.2) is 17.0 Å². The van der Waals surface area contributed by atoms with Crippen LogP contribution in [0.2, 0.25) is 0 Å². The molecular formula is C49H60N2O8S. The van der Waals surface area contributed by atoms with Crippen molar-refractivity contribution in [1.29, 1.82) is 0 Å². The van der Waals surface area contributed by atoms with Gasteiger partial charge in [-0.05, 0) is 105 Å². The van der Waals surface area contributed by atoms with Gasteiger partial charge in [-0.15, -0.1) is 11.8 Å². The van der Waals surface area contributed by atoms with Gasteiger partial charge in [0.25, 0.3) is 0 Å². The number of rotatable bonds is 14. The molecule has 0 aromatic heterocycles. The Balaban J connectivity index is 1.44. The van der Waals surface area contributed by atoms with E-state index in [4.69, 9.17) is 28.7 Å². The van der Waals surface area contributed by atoms with Gasteiger partial charge < -0.3 is 34.1 Å². The summed E-state index contributed by atoms with van der Waals surface area (Å²) in [5, 5.41) is 12.6. The monoisotopic (exact) mass is 836 g/mol. The number of Topliss-reactive ketones (excluding diaryl/α,β-unsaturated/α-hetero) is 1. The molecule has 1 spiro atoms.